The second-order valence-corrected chi connectivity index (χ2v) is 2.82. The lowest BCUT2D eigenvalue weighted by molar-refractivity contribution is 0.0447. The molecule has 1 aliphatic heterocycles. The summed E-state index contributed by atoms with van der Waals surface area (Å²) in [4.78, 5) is 0.355. The van der Waals surface area contributed by atoms with E-state index >= 15 is 0 Å². The highest BCUT2D eigenvalue weighted by atomic mass is 16.3. The summed E-state index contributed by atoms with van der Waals surface area (Å²) in [6.07, 6.45) is -5.15. The summed E-state index contributed by atoms with van der Waals surface area (Å²) in [6.45, 7) is -5.20. The average molecular weight is 189 g/mol. The summed E-state index contributed by atoms with van der Waals surface area (Å²) in [6, 6.07) is 1.21. The van der Waals surface area contributed by atoms with Crippen molar-refractivity contribution in [2.45, 2.75) is 25.3 Å². The number of H-pyrrole nitrogens is 1. The zero-order valence-corrected chi connectivity index (χ0v) is 7.00. The third kappa shape index (κ3) is 1.83. The molecule has 1 aromatic rings. The molecule has 0 radical (unpaired) electrons. The SMILES string of the molecule is [2H]C1([2H])N(c2ccn[nH]2)C([2H])([2H])[C@](C)(O)C([2H])([2H])C1([2H])[2H]. The minimum absolute atomic E-state index is 0.204. The molecule has 0 aromatic carbocycles. The van der Waals surface area contributed by atoms with E-state index in [0.717, 1.165) is 6.92 Å². The van der Waals surface area contributed by atoms with Crippen molar-refractivity contribution in [2.75, 3.05) is 17.9 Å². The van der Waals surface area contributed by atoms with Gasteiger partial charge in [-0.3, -0.25) is 5.10 Å². The normalized spacial score (nSPS) is 53.8. The van der Waals surface area contributed by atoms with E-state index in [4.69, 9.17) is 11.0 Å². The Labute approximate surface area is 88.8 Å². The number of anilines is 1. The number of aromatic nitrogens is 2. The van der Waals surface area contributed by atoms with Crippen LogP contribution in [0.2, 0.25) is 0 Å². The predicted molar refractivity (Wildman–Crippen MR) is 50.7 cm³/mol. The van der Waals surface area contributed by atoms with Gasteiger partial charge in [-0.1, -0.05) is 0 Å². The van der Waals surface area contributed by atoms with Crippen LogP contribution in [0.5, 0.6) is 0 Å². The van der Waals surface area contributed by atoms with Gasteiger partial charge in [-0.25, -0.2) is 0 Å². The van der Waals surface area contributed by atoms with Crippen LogP contribution in [-0.4, -0.2) is 33.9 Å². The summed E-state index contributed by atoms with van der Waals surface area (Å²) in [5.74, 6) is -0.204. The maximum absolute atomic E-state index is 10.3. The van der Waals surface area contributed by atoms with Crippen LogP contribution in [0.15, 0.2) is 12.3 Å². The molecular formula is C9H15N3O. The molecular weight excluding hydrogens is 166 g/mol. The van der Waals surface area contributed by atoms with Gasteiger partial charge in [0, 0.05) is 27.3 Å². The number of aliphatic hydroxyl groups is 1. The first kappa shape index (κ1) is 3.28. The number of rotatable bonds is 1. The van der Waals surface area contributed by atoms with Crippen molar-refractivity contribution in [1.82, 2.24) is 10.2 Å². The molecule has 0 saturated carbocycles. The zero-order chi connectivity index (χ0) is 16.5. The molecule has 2 N–H and O–H groups in total. The number of nitrogens with zero attached hydrogens (tertiary/aromatic N) is 2. The molecule has 0 amide bonds. The lowest BCUT2D eigenvalue weighted by Gasteiger charge is -2.37. The molecule has 0 unspecified atom stereocenters. The average Bonchev–Trinajstić information content (AvgIpc) is 2.79. The Bertz CT molecular complexity index is 511. The maximum Gasteiger partial charge on any atom is 0.124 e. The van der Waals surface area contributed by atoms with Gasteiger partial charge in [0.25, 0.3) is 0 Å². The highest BCUT2D eigenvalue weighted by Gasteiger charge is 2.28. The smallest absolute Gasteiger partial charge is 0.124 e. The van der Waals surface area contributed by atoms with Crippen LogP contribution in [0, 0.1) is 0 Å². The van der Waals surface area contributed by atoms with Crippen LogP contribution < -0.4 is 4.90 Å². The van der Waals surface area contributed by atoms with Gasteiger partial charge in [-0.2, -0.15) is 5.10 Å². The van der Waals surface area contributed by atoms with E-state index in [9.17, 15) is 5.11 Å². The Balaban J connectivity index is 2.77. The van der Waals surface area contributed by atoms with Gasteiger partial charge in [0.1, 0.15) is 5.82 Å². The van der Waals surface area contributed by atoms with E-state index < -0.39 is 31.3 Å². The monoisotopic (exact) mass is 189 g/mol. The molecule has 72 valence electrons. The van der Waals surface area contributed by atoms with Crippen molar-refractivity contribution in [1.29, 1.82) is 0 Å². The van der Waals surface area contributed by atoms with Gasteiger partial charge in [0.05, 0.1) is 14.5 Å². The second-order valence-electron chi connectivity index (χ2n) is 2.82. The second kappa shape index (κ2) is 3.03. The van der Waals surface area contributed by atoms with Crippen molar-refractivity contribution in [3.63, 3.8) is 0 Å². The van der Waals surface area contributed by atoms with Crippen LogP contribution >= 0.6 is 0 Å². The molecule has 4 heteroatoms. The molecule has 13 heavy (non-hydrogen) atoms. The van der Waals surface area contributed by atoms with E-state index in [0.29, 0.717) is 4.90 Å². The molecule has 1 atom stereocenters. The van der Waals surface area contributed by atoms with E-state index in [-0.39, 0.29) is 5.82 Å². The largest absolute Gasteiger partial charge is 0.388 e. The molecule has 1 saturated heterocycles. The van der Waals surface area contributed by atoms with E-state index in [1.165, 1.54) is 12.3 Å². The van der Waals surface area contributed by atoms with Gasteiger partial charge in [-0.05, 0) is 19.7 Å². The van der Waals surface area contributed by atoms with Crippen molar-refractivity contribution < 1.29 is 16.1 Å². The third-order valence-electron chi connectivity index (χ3n) is 1.53. The van der Waals surface area contributed by atoms with Crippen LogP contribution in [0.1, 0.15) is 30.6 Å². The van der Waals surface area contributed by atoms with Crippen molar-refractivity contribution in [3.8, 4) is 0 Å². The van der Waals surface area contributed by atoms with Crippen molar-refractivity contribution >= 4 is 5.82 Å². The maximum atomic E-state index is 10.3. The zero-order valence-electron chi connectivity index (χ0n) is 15.0. The number of aromatic amines is 1. The number of piperidine rings is 1. The lowest BCUT2D eigenvalue weighted by Crippen LogP contribution is -2.46. The summed E-state index contributed by atoms with van der Waals surface area (Å²) in [5.41, 5.74) is -2.82. The third-order valence-corrected chi connectivity index (χ3v) is 1.53. The number of β-amino-alcohol motifs (C(OH)–C–C–N with tert-alkyl or cyclic N) is 1. The Hall–Kier alpha value is -1.03. The number of nitrogens with one attached hydrogen (secondary N) is 1. The molecule has 2 rings (SSSR count). The van der Waals surface area contributed by atoms with Crippen molar-refractivity contribution in [2.24, 2.45) is 0 Å². The highest BCUT2D eigenvalue weighted by Crippen LogP contribution is 2.23. The van der Waals surface area contributed by atoms with Gasteiger partial charge >= 0.3 is 0 Å². The Morgan fingerprint density at radius 3 is 3.38 bits per heavy atom. The number of hydrogen-bond donors (Lipinski definition) is 2. The molecule has 1 aromatic heterocycles. The molecule has 2 heterocycles. The molecule has 0 aliphatic carbocycles. The van der Waals surface area contributed by atoms with E-state index in [1.54, 1.807) is 0 Å². The summed E-state index contributed by atoms with van der Waals surface area (Å²) < 4.78 is 63.0. The first-order valence-electron chi connectivity index (χ1n) is 7.75. The molecule has 0 spiro atoms. The minimum atomic E-state index is -3.19. The van der Waals surface area contributed by atoms with Crippen LogP contribution in [0.25, 0.3) is 0 Å². The molecule has 1 aliphatic rings. The topological polar surface area (TPSA) is 52.2 Å². The van der Waals surface area contributed by atoms with Gasteiger partial charge in [0.2, 0.25) is 0 Å². The standard InChI is InChI=1S/C9H15N3O/c1-9(13)4-2-6-12(7-9)8-3-5-10-11-8/h3,5,13H,2,4,6-7H2,1H3,(H,10,11)/t9-/m1/s1/i2D2,4D2,6D2,7D2. The molecule has 1 fully saturated rings. The Morgan fingerprint density at radius 2 is 2.69 bits per heavy atom. The first-order chi connectivity index (χ1) is 9.23. The summed E-state index contributed by atoms with van der Waals surface area (Å²) in [5, 5.41) is 16.2. The Morgan fingerprint density at radius 1 is 1.85 bits per heavy atom. The lowest BCUT2D eigenvalue weighted by atomic mass is 9.95. The van der Waals surface area contributed by atoms with E-state index in [1.807, 2.05) is 0 Å². The van der Waals surface area contributed by atoms with Crippen LogP contribution in [0.4, 0.5) is 5.82 Å². The van der Waals surface area contributed by atoms with Crippen molar-refractivity contribution in [3.05, 3.63) is 12.3 Å². The summed E-state index contributed by atoms with van der Waals surface area (Å²) >= 11 is 0. The fourth-order valence-corrected chi connectivity index (χ4v) is 0.973. The predicted octanol–water partition coefficient (Wildman–Crippen LogP) is 0.761. The van der Waals surface area contributed by atoms with E-state index in [2.05, 4.69) is 10.2 Å². The minimum Gasteiger partial charge on any atom is -0.388 e. The number of hydrogen-bond acceptors (Lipinski definition) is 3. The Kier molecular flexibility index (Phi) is 0.764. The van der Waals surface area contributed by atoms with Crippen LogP contribution in [-0.2, 0) is 0 Å². The quantitative estimate of drug-likeness (QED) is 0.686. The van der Waals surface area contributed by atoms with Gasteiger partial charge in [-0.15, -0.1) is 0 Å². The highest BCUT2D eigenvalue weighted by molar-refractivity contribution is 5.37. The van der Waals surface area contributed by atoms with Gasteiger partial charge < -0.3 is 10.0 Å². The fraction of sp³-hybridized carbons (Fsp3) is 0.667. The van der Waals surface area contributed by atoms with Gasteiger partial charge in [0.15, 0.2) is 0 Å². The first-order valence-corrected chi connectivity index (χ1v) is 3.75. The molecule has 0 bridgehead atoms. The fourth-order valence-electron chi connectivity index (χ4n) is 0.973. The summed E-state index contributed by atoms with van der Waals surface area (Å²) in [7, 11) is 0. The molecule has 4 nitrogen and oxygen atoms in total. The van der Waals surface area contributed by atoms with Crippen LogP contribution in [0.3, 0.4) is 0 Å².